The third kappa shape index (κ3) is 3.78. The van der Waals surface area contributed by atoms with E-state index in [-0.39, 0.29) is 12.4 Å². The van der Waals surface area contributed by atoms with E-state index < -0.39 is 0 Å². The van der Waals surface area contributed by atoms with Crippen LogP contribution in [0.1, 0.15) is 5.56 Å². The van der Waals surface area contributed by atoms with Gasteiger partial charge in [0.25, 0.3) is 0 Å². The van der Waals surface area contributed by atoms with Crippen molar-refractivity contribution in [3.05, 3.63) is 48.3 Å². The molecule has 0 radical (unpaired) electrons. The van der Waals surface area contributed by atoms with E-state index in [1.54, 1.807) is 13.2 Å². The maximum atomic E-state index is 5.63. The second-order valence-electron chi connectivity index (χ2n) is 3.47. The molecule has 2 aromatic rings. The summed E-state index contributed by atoms with van der Waals surface area (Å²) in [6.45, 7) is 0. The molecular weight excluding hydrogens is 268 g/mol. The third-order valence-corrected chi connectivity index (χ3v) is 3.27. The Hall–Kier alpha value is -1.46. The molecule has 0 saturated heterocycles. The number of thioether (sulfide) groups is 1. The van der Waals surface area contributed by atoms with Crippen LogP contribution >= 0.6 is 24.2 Å². The van der Waals surface area contributed by atoms with Gasteiger partial charge in [0.15, 0.2) is 5.17 Å². The quantitative estimate of drug-likeness (QED) is 0.695. The molecule has 0 unspecified atom stereocenters. The van der Waals surface area contributed by atoms with E-state index in [2.05, 4.69) is 22.2 Å². The minimum atomic E-state index is 0. The van der Waals surface area contributed by atoms with Crippen LogP contribution < -0.4 is 5.73 Å². The molecule has 0 aliphatic carbocycles. The van der Waals surface area contributed by atoms with Crippen LogP contribution in [0.3, 0.4) is 0 Å². The average molecular weight is 283 g/mol. The Balaban J connectivity index is 0.00000162. The Morgan fingerprint density at radius 2 is 2.11 bits per heavy atom. The molecule has 4 nitrogen and oxygen atoms in total. The number of hydrogen-bond acceptors (Lipinski definition) is 3. The van der Waals surface area contributed by atoms with Crippen molar-refractivity contribution in [2.45, 2.75) is 5.75 Å². The van der Waals surface area contributed by atoms with Crippen LogP contribution in [0.4, 0.5) is 0 Å². The maximum absolute atomic E-state index is 5.63. The highest BCUT2D eigenvalue weighted by molar-refractivity contribution is 8.13. The van der Waals surface area contributed by atoms with Gasteiger partial charge in [0.1, 0.15) is 0 Å². The highest BCUT2D eigenvalue weighted by Gasteiger charge is 1.98. The molecule has 0 aliphatic rings. The lowest BCUT2D eigenvalue weighted by Crippen LogP contribution is -2.06. The summed E-state index contributed by atoms with van der Waals surface area (Å²) in [4.78, 5) is 3.91. The predicted octanol–water partition coefficient (Wildman–Crippen LogP) is 2.47. The lowest BCUT2D eigenvalue weighted by molar-refractivity contribution is 0.880. The fourth-order valence-corrected chi connectivity index (χ4v) is 2.02. The topological polar surface area (TPSA) is 56.2 Å². The fourth-order valence-electron chi connectivity index (χ4n) is 1.39. The lowest BCUT2D eigenvalue weighted by atomic mass is 10.2. The maximum Gasteiger partial charge on any atom is 0.153 e. The van der Waals surface area contributed by atoms with E-state index in [0.29, 0.717) is 5.17 Å². The molecule has 2 rings (SSSR count). The normalized spacial score (nSPS) is 11.1. The van der Waals surface area contributed by atoms with E-state index in [9.17, 15) is 0 Å². The van der Waals surface area contributed by atoms with Crippen LogP contribution in [0.25, 0.3) is 5.69 Å². The summed E-state index contributed by atoms with van der Waals surface area (Å²) in [7, 11) is 1.70. The number of amidine groups is 1. The molecule has 0 bridgehead atoms. The molecule has 0 spiro atoms. The van der Waals surface area contributed by atoms with Gasteiger partial charge >= 0.3 is 0 Å². The summed E-state index contributed by atoms with van der Waals surface area (Å²) in [5, 5.41) is 4.79. The van der Waals surface area contributed by atoms with Crippen molar-refractivity contribution in [1.29, 1.82) is 0 Å². The number of aliphatic imine (C=N–C) groups is 1. The summed E-state index contributed by atoms with van der Waals surface area (Å²) < 4.78 is 1.83. The monoisotopic (exact) mass is 282 g/mol. The zero-order valence-corrected chi connectivity index (χ0v) is 11.6. The van der Waals surface area contributed by atoms with Crippen molar-refractivity contribution < 1.29 is 0 Å². The first kappa shape index (κ1) is 14.6. The van der Waals surface area contributed by atoms with Gasteiger partial charge in [-0.2, -0.15) is 5.10 Å². The summed E-state index contributed by atoms with van der Waals surface area (Å²) in [6, 6.07) is 10.1. The van der Waals surface area contributed by atoms with Crippen LogP contribution in [-0.4, -0.2) is 22.0 Å². The Labute approximate surface area is 117 Å². The van der Waals surface area contributed by atoms with Gasteiger partial charge in [-0.25, -0.2) is 4.68 Å². The summed E-state index contributed by atoms with van der Waals surface area (Å²) in [6.07, 6.45) is 3.69. The highest BCUT2D eigenvalue weighted by atomic mass is 35.5. The molecule has 2 N–H and O–H groups in total. The van der Waals surface area contributed by atoms with E-state index in [1.165, 1.54) is 17.3 Å². The fraction of sp³-hybridized carbons (Fsp3) is 0.167. The molecule has 6 heteroatoms. The molecule has 0 atom stereocenters. The lowest BCUT2D eigenvalue weighted by Gasteiger charge is -2.04. The first-order valence-electron chi connectivity index (χ1n) is 5.23. The Kier molecular flexibility index (Phi) is 5.74. The first-order valence-corrected chi connectivity index (χ1v) is 6.22. The molecule has 0 fully saturated rings. The van der Waals surface area contributed by atoms with Crippen LogP contribution in [-0.2, 0) is 5.75 Å². The second-order valence-corrected chi connectivity index (χ2v) is 4.46. The van der Waals surface area contributed by atoms with Crippen LogP contribution in [0.15, 0.2) is 47.7 Å². The molecule has 96 valence electrons. The SMILES string of the molecule is CN=C(N)SCc1ccc(-n2cccn2)cc1.Cl. The van der Waals surface area contributed by atoms with Gasteiger partial charge in [-0.15, -0.1) is 12.4 Å². The van der Waals surface area contributed by atoms with Gasteiger partial charge < -0.3 is 5.73 Å². The summed E-state index contributed by atoms with van der Waals surface area (Å²) in [5.74, 6) is 0.836. The van der Waals surface area contributed by atoms with Crippen LogP contribution in [0.5, 0.6) is 0 Å². The zero-order valence-electron chi connectivity index (χ0n) is 9.98. The average Bonchev–Trinajstić information content (AvgIpc) is 2.90. The predicted molar refractivity (Wildman–Crippen MR) is 79.7 cm³/mol. The van der Waals surface area contributed by atoms with Gasteiger partial charge in [-0.3, -0.25) is 4.99 Å². The van der Waals surface area contributed by atoms with Crippen molar-refractivity contribution in [1.82, 2.24) is 9.78 Å². The molecule has 0 aliphatic heterocycles. The van der Waals surface area contributed by atoms with Crippen molar-refractivity contribution in [2.75, 3.05) is 7.05 Å². The highest BCUT2D eigenvalue weighted by Crippen LogP contribution is 2.14. The number of benzene rings is 1. The molecule has 1 aromatic carbocycles. The van der Waals surface area contributed by atoms with E-state index >= 15 is 0 Å². The number of rotatable bonds is 3. The minimum absolute atomic E-state index is 0. The van der Waals surface area contributed by atoms with Crippen molar-refractivity contribution in [3.63, 3.8) is 0 Å². The van der Waals surface area contributed by atoms with Gasteiger partial charge in [0.05, 0.1) is 5.69 Å². The third-order valence-electron chi connectivity index (χ3n) is 2.31. The van der Waals surface area contributed by atoms with Gasteiger partial charge in [0.2, 0.25) is 0 Å². The molecule has 0 saturated carbocycles. The zero-order chi connectivity index (χ0) is 12.1. The number of hydrogen-bond donors (Lipinski definition) is 1. The number of nitrogens with two attached hydrogens (primary N) is 1. The second kappa shape index (κ2) is 7.08. The van der Waals surface area contributed by atoms with E-state index in [4.69, 9.17) is 5.73 Å². The van der Waals surface area contributed by atoms with E-state index in [0.717, 1.165) is 11.4 Å². The smallest absolute Gasteiger partial charge is 0.153 e. The summed E-state index contributed by atoms with van der Waals surface area (Å²) >= 11 is 1.54. The molecule has 1 heterocycles. The van der Waals surface area contributed by atoms with Crippen LogP contribution in [0.2, 0.25) is 0 Å². The van der Waals surface area contributed by atoms with E-state index in [1.807, 2.05) is 29.1 Å². The Morgan fingerprint density at radius 3 is 2.67 bits per heavy atom. The van der Waals surface area contributed by atoms with Crippen molar-refractivity contribution in [2.24, 2.45) is 10.7 Å². The Morgan fingerprint density at radius 1 is 1.39 bits per heavy atom. The Bertz CT molecular complexity index is 493. The van der Waals surface area contributed by atoms with Crippen LogP contribution in [0, 0.1) is 0 Å². The van der Waals surface area contributed by atoms with Gasteiger partial charge in [0, 0.05) is 25.2 Å². The number of halogens is 1. The number of aromatic nitrogens is 2. The minimum Gasteiger partial charge on any atom is -0.379 e. The van der Waals surface area contributed by atoms with Gasteiger partial charge in [-0.1, -0.05) is 23.9 Å². The first-order chi connectivity index (χ1) is 8.29. The summed E-state index contributed by atoms with van der Waals surface area (Å²) in [5.41, 5.74) is 7.90. The molecule has 1 aromatic heterocycles. The number of nitrogens with zero attached hydrogens (tertiary/aromatic N) is 3. The van der Waals surface area contributed by atoms with Crippen molar-refractivity contribution in [3.8, 4) is 5.69 Å². The van der Waals surface area contributed by atoms with Crippen molar-refractivity contribution >= 4 is 29.3 Å². The van der Waals surface area contributed by atoms with Gasteiger partial charge in [-0.05, 0) is 23.8 Å². The molecule has 18 heavy (non-hydrogen) atoms. The molecule has 0 amide bonds. The standard InChI is InChI=1S/C12H14N4S.ClH/c1-14-12(13)17-9-10-3-5-11(6-4-10)16-8-2-7-15-16;/h2-8H,9H2,1H3,(H2,13,14);1H. The molecular formula is C12H15ClN4S. The largest absolute Gasteiger partial charge is 0.379 e.